The molecular formula is C13H13Cl2NO5. The van der Waals surface area contributed by atoms with E-state index < -0.39 is 23.9 Å². The van der Waals surface area contributed by atoms with E-state index in [0.717, 1.165) is 0 Å². The lowest BCUT2D eigenvalue weighted by molar-refractivity contribution is -0.142. The maximum absolute atomic E-state index is 12.1. The van der Waals surface area contributed by atoms with Gasteiger partial charge in [-0.3, -0.25) is 9.59 Å². The molecule has 0 unspecified atom stereocenters. The molecule has 1 aromatic rings. The average Bonchev–Trinajstić information content (AvgIpc) is 2.42. The summed E-state index contributed by atoms with van der Waals surface area (Å²) in [6.07, 6.45) is -0.236. The molecule has 0 spiro atoms. The number of carboxylic acids is 1. The lowest BCUT2D eigenvalue weighted by Crippen LogP contribution is -2.41. The Labute approximate surface area is 131 Å². The number of aliphatic carboxylic acids is 1. The van der Waals surface area contributed by atoms with Crippen LogP contribution < -0.4 is 5.32 Å². The topological polar surface area (TPSA) is 92.7 Å². The molecule has 2 N–H and O–H groups in total. The fourth-order valence-electron chi connectivity index (χ4n) is 1.57. The molecule has 0 aliphatic heterocycles. The van der Waals surface area contributed by atoms with Gasteiger partial charge < -0.3 is 15.2 Å². The molecule has 0 aliphatic carbocycles. The zero-order valence-corrected chi connectivity index (χ0v) is 12.6. The van der Waals surface area contributed by atoms with Crippen molar-refractivity contribution in [2.45, 2.75) is 18.9 Å². The van der Waals surface area contributed by atoms with Gasteiger partial charge in [0.25, 0.3) is 5.91 Å². The smallest absolute Gasteiger partial charge is 0.326 e. The van der Waals surface area contributed by atoms with Crippen LogP contribution in [0.4, 0.5) is 0 Å². The molecule has 1 atom stereocenters. The van der Waals surface area contributed by atoms with Gasteiger partial charge in [0.15, 0.2) is 0 Å². The van der Waals surface area contributed by atoms with Crippen LogP contribution in [0.2, 0.25) is 10.0 Å². The normalized spacial score (nSPS) is 11.6. The number of esters is 1. The lowest BCUT2D eigenvalue weighted by atomic mass is 10.1. The number of benzene rings is 1. The van der Waals surface area contributed by atoms with Gasteiger partial charge in [-0.15, -0.1) is 0 Å². The monoisotopic (exact) mass is 333 g/mol. The molecule has 0 aliphatic rings. The Kier molecular flexibility index (Phi) is 6.45. The number of carboxylic acid groups (broad SMARTS) is 1. The van der Waals surface area contributed by atoms with Gasteiger partial charge in [-0.25, -0.2) is 4.79 Å². The van der Waals surface area contributed by atoms with Gasteiger partial charge in [0.05, 0.1) is 22.7 Å². The molecule has 8 heteroatoms. The van der Waals surface area contributed by atoms with Gasteiger partial charge in [-0.05, 0) is 18.6 Å². The van der Waals surface area contributed by atoms with Crippen molar-refractivity contribution < 1.29 is 24.2 Å². The molecule has 0 bridgehead atoms. The van der Waals surface area contributed by atoms with Crippen molar-refractivity contribution in [3.05, 3.63) is 33.8 Å². The number of ether oxygens (including phenoxy) is 1. The summed E-state index contributed by atoms with van der Waals surface area (Å²) in [6.45, 7) is 0. The third-order valence-corrected chi connectivity index (χ3v) is 3.29. The van der Waals surface area contributed by atoms with E-state index in [4.69, 9.17) is 28.3 Å². The van der Waals surface area contributed by atoms with E-state index in [1.807, 2.05) is 0 Å². The van der Waals surface area contributed by atoms with Crippen LogP contribution in [0.25, 0.3) is 0 Å². The second-order valence-electron chi connectivity index (χ2n) is 4.08. The molecule has 6 nitrogen and oxygen atoms in total. The predicted octanol–water partition coefficient (Wildman–Crippen LogP) is 2.13. The highest BCUT2D eigenvalue weighted by atomic mass is 35.5. The van der Waals surface area contributed by atoms with Crippen molar-refractivity contribution in [3.8, 4) is 0 Å². The van der Waals surface area contributed by atoms with Crippen molar-refractivity contribution in [1.29, 1.82) is 0 Å². The first-order valence-electron chi connectivity index (χ1n) is 5.91. The van der Waals surface area contributed by atoms with Crippen molar-refractivity contribution in [1.82, 2.24) is 5.32 Å². The van der Waals surface area contributed by atoms with Gasteiger partial charge in [-0.2, -0.15) is 0 Å². The lowest BCUT2D eigenvalue weighted by Gasteiger charge is -2.15. The maximum atomic E-state index is 12.1. The first-order chi connectivity index (χ1) is 9.86. The van der Waals surface area contributed by atoms with Crippen molar-refractivity contribution in [3.63, 3.8) is 0 Å². The van der Waals surface area contributed by atoms with Crippen LogP contribution in [0.3, 0.4) is 0 Å². The van der Waals surface area contributed by atoms with E-state index in [2.05, 4.69) is 10.1 Å². The molecule has 0 saturated heterocycles. The Bertz CT molecular complexity index is 541. The zero-order chi connectivity index (χ0) is 16.0. The number of carbonyl (C=O) groups is 3. The van der Waals surface area contributed by atoms with Crippen LogP contribution >= 0.6 is 23.2 Å². The van der Waals surface area contributed by atoms with E-state index in [1.165, 1.54) is 19.2 Å². The quantitative estimate of drug-likeness (QED) is 0.778. The Hall–Kier alpha value is -1.79. The van der Waals surface area contributed by atoms with Gasteiger partial charge in [-0.1, -0.05) is 29.3 Å². The number of nitrogens with one attached hydrogen (secondary N) is 1. The number of halogens is 2. The minimum Gasteiger partial charge on any atom is -0.480 e. The predicted molar refractivity (Wildman–Crippen MR) is 76.6 cm³/mol. The third-order valence-electron chi connectivity index (χ3n) is 2.66. The Morgan fingerprint density at radius 1 is 1.29 bits per heavy atom. The van der Waals surface area contributed by atoms with Crippen LogP contribution in [-0.2, 0) is 14.3 Å². The minimum atomic E-state index is -1.27. The van der Waals surface area contributed by atoms with Gasteiger partial charge in [0.1, 0.15) is 6.04 Å². The highest BCUT2D eigenvalue weighted by molar-refractivity contribution is 6.39. The second-order valence-corrected chi connectivity index (χ2v) is 4.89. The van der Waals surface area contributed by atoms with Gasteiger partial charge in [0.2, 0.25) is 0 Å². The van der Waals surface area contributed by atoms with E-state index in [9.17, 15) is 14.4 Å². The molecule has 114 valence electrons. The molecule has 1 aromatic carbocycles. The van der Waals surface area contributed by atoms with E-state index >= 15 is 0 Å². The van der Waals surface area contributed by atoms with E-state index in [-0.39, 0.29) is 28.5 Å². The summed E-state index contributed by atoms with van der Waals surface area (Å²) in [6, 6.07) is 3.25. The minimum absolute atomic E-state index is 0.00912. The fraction of sp³-hybridized carbons (Fsp3) is 0.308. The number of rotatable bonds is 6. The van der Waals surface area contributed by atoms with Crippen LogP contribution in [-0.4, -0.2) is 36.1 Å². The summed E-state index contributed by atoms with van der Waals surface area (Å²) < 4.78 is 4.42. The largest absolute Gasteiger partial charge is 0.480 e. The van der Waals surface area contributed by atoms with Gasteiger partial charge in [0, 0.05) is 6.42 Å². The summed E-state index contributed by atoms with van der Waals surface area (Å²) >= 11 is 11.7. The number of carbonyl (C=O) groups excluding carboxylic acids is 2. The molecule has 0 radical (unpaired) electrons. The Morgan fingerprint density at radius 2 is 1.86 bits per heavy atom. The molecule has 0 heterocycles. The first kappa shape index (κ1) is 17.3. The average molecular weight is 334 g/mol. The summed E-state index contributed by atoms with van der Waals surface area (Å²) in [5.74, 6) is -2.55. The standard InChI is InChI=1S/C13H13Cl2NO5/c1-21-10(17)6-5-9(13(19)20)16-12(18)11-7(14)3-2-4-8(11)15/h2-4,9H,5-6H2,1H3,(H,16,18)(H,19,20)/t9-/m1/s1. The Morgan fingerprint density at radius 3 is 2.33 bits per heavy atom. The molecule has 0 fully saturated rings. The Balaban J connectivity index is 2.82. The van der Waals surface area contributed by atoms with E-state index in [1.54, 1.807) is 6.07 Å². The molecule has 1 rings (SSSR count). The number of hydrogen-bond donors (Lipinski definition) is 2. The fourth-order valence-corrected chi connectivity index (χ4v) is 2.14. The van der Waals surface area contributed by atoms with Crippen LogP contribution in [0.5, 0.6) is 0 Å². The first-order valence-corrected chi connectivity index (χ1v) is 6.67. The highest BCUT2D eigenvalue weighted by Gasteiger charge is 2.24. The summed E-state index contributed by atoms with van der Waals surface area (Å²) in [5, 5.41) is 11.6. The van der Waals surface area contributed by atoms with Gasteiger partial charge >= 0.3 is 11.9 Å². The van der Waals surface area contributed by atoms with Crippen molar-refractivity contribution in [2.75, 3.05) is 7.11 Å². The van der Waals surface area contributed by atoms with E-state index in [0.29, 0.717) is 0 Å². The van der Waals surface area contributed by atoms with Crippen molar-refractivity contribution in [2.24, 2.45) is 0 Å². The molecule has 0 aromatic heterocycles. The van der Waals surface area contributed by atoms with Crippen LogP contribution in [0.1, 0.15) is 23.2 Å². The second kappa shape index (κ2) is 7.85. The number of amides is 1. The molecule has 0 saturated carbocycles. The maximum Gasteiger partial charge on any atom is 0.326 e. The number of hydrogen-bond acceptors (Lipinski definition) is 4. The van der Waals surface area contributed by atoms with Crippen LogP contribution in [0.15, 0.2) is 18.2 Å². The highest BCUT2D eigenvalue weighted by Crippen LogP contribution is 2.24. The van der Waals surface area contributed by atoms with Crippen LogP contribution in [0, 0.1) is 0 Å². The molecular weight excluding hydrogens is 321 g/mol. The molecule has 21 heavy (non-hydrogen) atoms. The summed E-state index contributed by atoms with van der Waals surface area (Å²) in [5.41, 5.74) is -0.00912. The zero-order valence-electron chi connectivity index (χ0n) is 11.1. The number of methoxy groups -OCH3 is 1. The summed E-state index contributed by atoms with van der Waals surface area (Å²) in [7, 11) is 1.19. The summed E-state index contributed by atoms with van der Waals surface area (Å²) in [4.78, 5) is 34.2. The van der Waals surface area contributed by atoms with Crippen molar-refractivity contribution >= 4 is 41.0 Å². The third kappa shape index (κ3) is 4.91. The molecule has 1 amide bonds. The SMILES string of the molecule is COC(=O)CC[C@@H](NC(=O)c1c(Cl)cccc1Cl)C(=O)O.